The number of alkyl halides is 1. The van der Waals surface area contributed by atoms with Gasteiger partial charge in [0.25, 0.3) is 0 Å². The second-order valence-corrected chi connectivity index (χ2v) is 6.71. The van der Waals surface area contributed by atoms with E-state index in [0.717, 1.165) is 25.1 Å². The minimum absolute atomic E-state index is 0.0687. The van der Waals surface area contributed by atoms with Crippen LogP contribution < -0.4 is 10.1 Å². The summed E-state index contributed by atoms with van der Waals surface area (Å²) in [5.74, 6) is 1.52. The zero-order valence-corrected chi connectivity index (χ0v) is 15.2. The molecule has 2 rings (SSSR count). The third-order valence-corrected chi connectivity index (χ3v) is 4.47. The lowest BCUT2D eigenvalue weighted by molar-refractivity contribution is -0.121. The summed E-state index contributed by atoms with van der Waals surface area (Å²) >= 11 is 5.57. The van der Waals surface area contributed by atoms with Gasteiger partial charge >= 0.3 is 0 Å². The molecule has 0 aromatic heterocycles. The molecule has 4 nitrogen and oxygen atoms in total. The van der Waals surface area contributed by atoms with Crippen LogP contribution in [0.1, 0.15) is 44.1 Å². The van der Waals surface area contributed by atoms with Crippen molar-refractivity contribution < 1.29 is 9.53 Å². The summed E-state index contributed by atoms with van der Waals surface area (Å²) in [5.41, 5.74) is 1.31. The van der Waals surface area contributed by atoms with Crippen LogP contribution in [0.15, 0.2) is 24.3 Å². The van der Waals surface area contributed by atoms with Crippen molar-refractivity contribution in [3.63, 3.8) is 0 Å². The quantitative estimate of drug-likeness (QED) is 0.517. The van der Waals surface area contributed by atoms with Gasteiger partial charge in [-0.15, -0.1) is 11.6 Å². The lowest BCUT2D eigenvalue weighted by atomic mass is 10.1. The van der Waals surface area contributed by atoms with Gasteiger partial charge in [-0.25, -0.2) is 0 Å². The number of benzene rings is 1. The van der Waals surface area contributed by atoms with Gasteiger partial charge in [0.05, 0.1) is 6.61 Å². The SMILES string of the molecule is O=C(CCCCl)NCCCOc1cccc(CN2CCCCC2)c1. The molecule has 134 valence electrons. The van der Waals surface area contributed by atoms with Crippen molar-refractivity contribution in [3.8, 4) is 5.75 Å². The fourth-order valence-electron chi connectivity index (χ4n) is 2.92. The third kappa shape index (κ3) is 7.54. The van der Waals surface area contributed by atoms with Gasteiger partial charge in [-0.05, 0) is 56.5 Å². The summed E-state index contributed by atoms with van der Waals surface area (Å²) in [6, 6.07) is 8.35. The molecule has 1 fully saturated rings. The molecule has 1 aliphatic rings. The molecule has 0 aliphatic carbocycles. The van der Waals surface area contributed by atoms with Crippen molar-refractivity contribution in [2.45, 2.75) is 45.1 Å². The Morgan fingerprint density at radius 3 is 2.83 bits per heavy atom. The normalized spacial score (nSPS) is 15.2. The molecule has 1 N–H and O–H groups in total. The number of nitrogens with one attached hydrogen (secondary N) is 1. The minimum atomic E-state index is 0.0687. The molecule has 0 bridgehead atoms. The Labute approximate surface area is 150 Å². The molecule has 24 heavy (non-hydrogen) atoms. The average molecular weight is 353 g/mol. The first-order valence-corrected chi connectivity index (χ1v) is 9.58. The van der Waals surface area contributed by atoms with Crippen LogP contribution in [0.25, 0.3) is 0 Å². The summed E-state index contributed by atoms with van der Waals surface area (Å²) in [6.45, 7) is 4.67. The van der Waals surface area contributed by atoms with Gasteiger partial charge in [0.15, 0.2) is 0 Å². The number of piperidine rings is 1. The summed E-state index contributed by atoms with van der Waals surface area (Å²) in [4.78, 5) is 14.0. The predicted octanol–water partition coefficient (Wildman–Crippen LogP) is 3.58. The maximum atomic E-state index is 11.5. The molecule has 1 aliphatic heterocycles. The molecule has 0 spiro atoms. The second kappa shape index (κ2) is 11.3. The number of likely N-dealkylation sites (tertiary alicyclic amines) is 1. The van der Waals surface area contributed by atoms with Gasteiger partial charge in [-0.3, -0.25) is 9.69 Å². The molecule has 1 heterocycles. The number of nitrogens with zero attached hydrogens (tertiary/aromatic N) is 1. The molecule has 0 saturated carbocycles. The van der Waals surface area contributed by atoms with Gasteiger partial charge in [-0.2, -0.15) is 0 Å². The highest BCUT2D eigenvalue weighted by Crippen LogP contribution is 2.17. The highest BCUT2D eigenvalue weighted by molar-refractivity contribution is 6.17. The standard InChI is InChI=1S/C19H29ClN2O2/c20-10-5-9-19(23)21-11-6-14-24-18-8-4-7-17(15-18)16-22-12-2-1-3-13-22/h4,7-8,15H,1-3,5-6,9-14,16H2,(H,21,23). The Morgan fingerprint density at radius 2 is 2.04 bits per heavy atom. The van der Waals surface area contributed by atoms with E-state index in [1.54, 1.807) is 0 Å². The van der Waals surface area contributed by atoms with Crippen LogP contribution in [0.2, 0.25) is 0 Å². The average Bonchev–Trinajstić information content (AvgIpc) is 2.61. The number of amides is 1. The Balaban J connectivity index is 1.64. The minimum Gasteiger partial charge on any atom is -0.494 e. The van der Waals surface area contributed by atoms with Gasteiger partial charge < -0.3 is 10.1 Å². The Kier molecular flexibility index (Phi) is 9.00. The Hall–Kier alpha value is -1.26. The van der Waals surface area contributed by atoms with E-state index in [1.807, 2.05) is 6.07 Å². The number of hydrogen-bond acceptors (Lipinski definition) is 3. The lowest BCUT2D eigenvalue weighted by Crippen LogP contribution is -2.29. The van der Waals surface area contributed by atoms with E-state index in [4.69, 9.17) is 16.3 Å². The summed E-state index contributed by atoms with van der Waals surface area (Å²) in [5, 5.41) is 2.89. The van der Waals surface area contributed by atoms with Crippen LogP contribution in [-0.2, 0) is 11.3 Å². The first-order chi connectivity index (χ1) is 11.8. The number of hydrogen-bond donors (Lipinski definition) is 1. The number of carbonyl (C=O) groups excluding carboxylic acids is 1. The Morgan fingerprint density at radius 1 is 1.21 bits per heavy atom. The molecule has 1 aromatic carbocycles. The van der Waals surface area contributed by atoms with E-state index in [9.17, 15) is 4.79 Å². The summed E-state index contributed by atoms with van der Waals surface area (Å²) in [7, 11) is 0. The molecule has 0 unspecified atom stereocenters. The highest BCUT2D eigenvalue weighted by atomic mass is 35.5. The molecule has 0 radical (unpaired) electrons. The summed E-state index contributed by atoms with van der Waals surface area (Å²) < 4.78 is 5.81. The molecule has 0 atom stereocenters. The largest absolute Gasteiger partial charge is 0.494 e. The van der Waals surface area contributed by atoms with Crippen LogP contribution in [0.3, 0.4) is 0 Å². The fraction of sp³-hybridized carbons (Fsp3) is 0.632. The van der Waals surface area contributed by atoms with Gasteiger partial charge in [0.1, 0.15) is 5.75 Å². The third-order valence-electron chi connectivity index (χ3n) is 4.20. The number of halogens is 1. The van der Waals surface area contributed by atoms with E-state index in [0.29, 0.717) is 25.5 Å². The topological polar surface area (TPSA) is 41.6 Å². The van der Waals surface area contributed by atoms with Crippen molar-refractivity contribution in [2.24, 2.45) is 0 Å². The molecular formula is C19H29ClN2O2. The molecular weight excluding hydrogens is 324 g/mol. The van der Waals surface area contributed by atoms with Crippen LogP contribution in [-0.4, -0.2) is 42.9 Å². The zero-order chi connectivity index (χ0) is 17.0. The lowest BCUT2D eigenvalue weighted by Gasteiger charge is -2.26. The van der Waals surface area contributed by atoms with Crippen LogP contribution in [0, 0.1) is 0 Å². The maximum absolute atomic E-state index is 11.5. The first-order valence-electron chi connectivity index (χ1n) is 9.04. The van der Waals surface area contributed by atoms with Crippen LogP contribution >= 0.6 is 11.6 Å². The fourth-order valence-corrected chi connectivity index (χ4v) is 3.05. The monoisotopic (exact) mass is 352 g/mol. The molecule has 1 aromatic rings. The van der Waals surface area contributed by atoms with Gasteiger partial charge in [-0.1, -0.05) is 18.6 Å². The van der Waals surface area contributed by atoms with E-state index < -0.39 is 0 Å². The molecule has 5 heteroatoms. The molecule has 1 amide bonds. The van der Waals surface area contributed by atoms with Crippen molar-refractivity contribution in [1.29, 1.82) is 0 Å². The van der Waals surface area contributed by atoms with Crippen LogP contribution in [0.4, 0.5) is 0 Å². The highest BCUT2D eigenvalue weighted by Gasteiger charge is 2.10. The number of ether oxygens (including phenoxy) is 1. The number of carbonyl (C=O) groups is 1. The molecule has 1 saturated heterocycles. The number of rotatable bonds is 10. The van der Waals surface area contributed by atoms with Crippen molar-refractivity contribution in [1.82, 2.24) is 10.2 Å². The van der Waals surface area contributed by atoms with Crippen molar-refractivity contribution in [2.75, 3.05) is 32.1 Å². The van der Waals surface area contributed by atoms with E-state index in [1.165, 1.54) is 37.9 Å². The maximum Gasteiger partial charge on any atom is 0.220 e. The van der Waals surface area contributed by atoms with Gasteiger partial charge in [0, 0.05) is 25.4 Å². The smallest absolute Gasteiger partial charge is 0.220 e. The summed E-state index contributed by atoms with van der Waals surface area (Å²) in [6.07, 6.45) is 6.03. The second-order valence-electron chi connectivity index (χ2n) is 6.33. The first kappa shape index (κ1) is 19.1. The van der Waals surface area contributed by atoms with Crippen molar-refractivity contribution >= 4 is 17.5 Å². The Bertz CT molecular complexity index is 490. The predicted molar refractivity (Wildman–Crippen MR) is 98.6 cm³/mol. The van der Waals surface area contributed by atoms with E-state index in [-0.39, 0.29) is 5.91 Å². The van der Waals surface area contributed by atoms with E-state index in [2.05, 4.69) is 28.4 Å². The van der Waals surface area contributed by atoms with Gasteiger partial charge in [0.2, 0.25) is 5.91 Å². The van der Waals surface area contributed by atoms with E-state index >= 15 is 0 Å². The van der Waals surface area contributed by atoms with Crippen LogP contribution in [0.5, 0.6) is 5.75 Å². The zero-order valence-electron chi connectivity index (χ0n) is 14.4. The van der Waals surface area contributed by atoms with Crippen molar-refractivity contribution in [3.05, 3.63) is 29.8 Å².